The van der Waals surface area contributed by atoms with Gasteiger partial charge in [0.2, 0.25) is 0 Å². The number of hydrogen-bond acceptors (Lipinski definition) is 0. The largest absolute Gasteiger partial charge is 0.150 e. The van der Waals surface area contributed by atoms with Gasteiger partial charge in [-0.1, -0.05) is 68.1 Å². The summed E-state index contributed by atoms with van der Waals surface area (Å²) < 4.78 is 0. The Hall–Kier alpha value is -1.37. The maximum absolute atomic E-state index is 3.36. The van der Waals surface area contributed by atoms with E-state index < -0.39 is 0 Å². The third kappa shape index (κ3) is 6.83. The fraction of sp³-hybridized carbons (Fsp3) is 0.296. The Morgan fingerprint density at radius 2 is 1.52 bits per heavy atom. The quantitative estimate of drug-likeness (QED) is 0.247. The molecule has 0 aromatic heterocycles. The number of aryl methyl sites for hydroxylation is 1. The molecular formula is C27H32SiZr. The first-order chi connectivity index (χ1) is 13.7. The number of allylic oxidation sites excluding steroid dienone is 4. The van der Waals surface area contributed by atoms with Crippen LogP contribution in [0, 0.1) is 18.9 Å². The first-order valence-corrected chi connectivity index (χ1v) is 16.4. The number of hydrogen-bond donors (Lipinski definition) is 0. The van der Waals surface area contributed by atoms with Gasteiger partial charge in [0.25, 0.3) is 0 Å². The van der Waals surface area contributed by atoms with Gasteiger partial charge in [0.05, 0.1) is 0 Å². The Morgan fingerprint density at radius 1 is 0.931 bits per heavy atom. The van der Waals surface area contributed by atoms with Crippen LogP contribution in [0.1, 0.15) is 33.3 Å². The van der Waals surface area contributed by atoms with Crippen molar-refractivity contribution in [1.29, 1.82) is 0 Å². The molecule has 3 aromatic carbocycles. The van der Waals surface area contributed by atoms with Crippen LogP contribution in [0.5, 0.6) is 0 Å². The van der Waals surface area contributed by atoms with Gasteiger partial charge in [0.15, 0.2) is 0 Å². The molecule has 0 saturated carbocycles. The Morgan fingerprint density at radius 3 is 2.00 bits per heavy atom. The van der Waals surface area contributed by atoms with Crippen LogP contribution in [0.3, 0.4) is 0 Å². The van der Waals surface area contributed by atoms with E-state index in [1.807, 2.05) is 0 Å². The number of benzene rings is 2. The molecule has 2 heteroatoms. The van der Waals surface area contributed by atoms with Gasteiger partial charge in [0.1, 0.15) is 0 Å². The van der Waals surface area contributed by atoms with Crippen molar-refractivity contribution >= 4 is 16.2 Å². The normalized spacial score (nSPS) is 15.3. The van der Waals surface area contributed by atoms with E-state index in [1.165, 1.54) is 44.2 Å². The molecule has 0 bridgehead atoms. The molecule has 0 aliphatic heterocycles. The predicted octanol–water partition coefficient (Wildman–Crippen LogP) is 8.04. The summed E-state index contributed by atoms with van der Waals surface area (Å²) in [5, 5.41) is 2.66. The van der Waals surface area contributed by atoms with Gasteiger partial charge >= 0.3 is 41.9 Å². The molecule has 0 spiro atoms. The Balaban J connectivity index is 0.000000195. The van der Waals surface area contributed by atoms with Crippen molar-refractivity contribution in [3.8, 4) is 11.1 Å². The second-order valence-corrected chi connectivity index (χ2v) is 17.4. The van der Waals surface area contributed by atoms with E-state index in [-0.39, 0.29) is 5.43 Å². The zero-order valence-electron chi connectivity index (χ0n) is 18.9. The minimum atomic E-state index is 0.210. The molecule has 0 amide bonds. The van der Waals surface area contributed by atoms with Gasteiger partial charge in [-0.15, -0.1) is 53.6 Å². The molecule has 3 aromatic rings. The van der Waals surface area contributed by atoms with Crippen molar-refractivity contribution in [2.24, 2.45) is 5.92 Å². The van der Waals surface area contributed by atoms with E-state index in [0.717, 1.165) is 0 Å². The molecule has 0 radical (unpaired) electrons. The molecule has 1 aliphatic carbocycles. The van der Waals surface area contributed by atoms with E-state index in [0.29, 0.717) is 5.92 Å². The molecule has 4 rings (SSSR count). The van der Waals surface area contributed by atoms with Crippen LogP contribution in [0.15, 0.2) is 77.4 Å². The minimum absolute atomic E-state index is 0.210. The van der Waals surface area contributed by atoms with Crippen molar-refractivity contribution in [3.63, 3.8) is 0 Å². The van der Waals surface area contributed by atoms with Gasteiger partial charge < -0.3 is 0 Å². The third-order valence-corrected chi connectivity index (χ3v) is 5.28. The molecular weight excluding hydrogens is 444 g/mol. The average molecular weight is 476 g/mol. The molecule has 0 saturated heterocycles. The SMILES string of the molecule is CC1=[C-]C(C)C(C)=C1C.C[Si](C)=[Zr+2].Cc1ccc(-c2c[cH-]c3ccccc23)cc1. The van der Waals surface area contributed by atoms with Crippen molar-refractivity contribution < 1.29 is 23.3 Å². The van der Waals surface area contributed by atoms with Crippen LogP contribution >= 0.6 is 0 Å². The smallest absolute Gasteiger partial charge is 0.0398 e. The summed E-state index contributed by atoms with van der Waals surface area (Å²) in [6.07, 6.45) is 3.36. The Labute approximate surface area is 192 Å². The molecule has 0 heterocycles. The van der Waals surface area contributed by atoms with Crippen molar-refractivity contribution in [2.45, 2.75) is 47.7 Å². The molecule has 1 unspecified atom stereocenters. The van der Waals surface area contributed by atoms with E-state index in [1.54, 1.807) is 23.3 Å². The molecule has 29 heavy (non-hydrogen) atoms. The number of rotatable bonds is 1. The molecule has 148 valence electrons. The van der Waals surface area contributed by atoms with Crippen LogP contribution in [-0.2, 0) is 23.3 Å². The Bertz CT molecular complexity index is 1030. The van der Waals surface area contributed by atoms with Crippen LogP contribution in [0.2, 0.25) is 13.1 Å². The predicted molar refractivity (Wildman–Crippen MR) is 127 cm³/mol. The first kappa shape index (κ1) is 23.9. The Kier molecular flexibility index (Phi) is 9.18. The monoisotopic (exact) mass is 474 g/mol. The molecule has 0 nitrogen and oxygen atoms in total. The third-order valence-electron chi connectivity index (χ3n) is 5.28. The van der Waals surface area contributed by atoms with Gasteiger partial charge in [-0.05, 0) is 6.92 Å². The van der Waals surface area contributed by atoms with Crippen LogP contribution < -0.4 is 0 Å². The molecule has 1 aliphatic rings. The van der Waals surface area contributed by atoms with Crippen molar-refractivity contribution in [3.05, 3.63) is 89.0 Å². The van der Waals surface area contributed by atoms with Crippen molar-refractivity contribution in [1.82, 2.24) is 0 Å². The molecule has 0 N–H and O–H groups in total. The first-order valence-electron chi connectivity index (χ1n) is 10.2. The zero-order valence-corrected chi connectivity index (χ0v) is 22.3. The topological polar surface area (TPSA) is 0 Å². The van der Waals surface area contributed by atoms with E-state index >= 15 is 0 Å². The summed E-state index contributed by atoms with van der Waals surface area (Å²) in [7, 11) is 0. The van der Waals surface area contributed by atoms with Gasteiger partial charge in [0, 0.05) is 0 Å². The summed E-state index contributed by atoms with van der Waals surface area (Å²) in [4.78, 5) is 0. The van der Waals surface area contributed by atoms with Crippen LogP contribution in [0.4, 0.5) is 0 Å². The van der Waals surface area contributed by atoms with E-state index in [9.17, 15) is 0 Å². The molecule has 0 fully saturated rings. The fourth-order valence-electron chi connectivity index (χ4n) is 3.30. The molecule has 1 atom stereocenters. The summed E-state index contributed by atoms with van der Waals surface area (Å²) in [6.45, 7) is 15.4. The maximum atomic E-state index is 3.36. The standard InChI is InChI=1S/C16H13.C9H13.C2H6Si.Zr/c1-12-6-8-14(9-7-12)16-11-10-13-4-2-3-5-15(13)16;1-6-5-7(2)9(4)8(6)3;1-3-2;/h2-11H,1H3;6H,1-4H3;1-2H3;/q2*-1;;+2. The van der Waals surface area contributed by atoms with E-state index in [4.69, 9.17) is 0 Å². The second-order valence-electron chi connectivity index (χ2n) is 8.00. The number of fused-ring (bicyclic) bond motifs is 1. The van der Waals surface area contributed by atoms with Gasteiger partial charge in [-0.3, -0.25) is 6.08 Å². The van der Waals surface area contributed by atoms with Gasteiger partial charge in [-0.25, -0.2) is 5.57 Å². The summed E-state index contributed by atoms with van der Waals surface area (Å²) >= 11 is 1.74. The minimum Gasteiger partial charge on any atom is -0.150 e. The van der Waals surface area contributed by atoms with Crippen molar-refractivity contribution in [2.75, 3.05) is 0 Å². The zero-order chi connectivity index (χ0) is 21.6. The summed E-state index contributed by atoms with van der Waals surface area (Å²) in [6, 6.07) is 21.6. The average Bonchev–Trinajstić information content (AvgIpc) is 3.20. The maximum Gasteiger partial charge on any atom is -0.0398 e. The van der Waals surface area contributed by atoms with E-state index in [2.05, 4.69) is 114 Å². The van der Waals surface area contributed by atoms with Crippen LogP contribution in [-0.4, -0.2) is 5.43 Å². The van der Waals surface area contributed by atoms with Crippen LogP contribution in [0.25, 0.3) is 21.9 Å². The summed E-state index contributed by atoms with van der Waals surface area (Å²) in [5.41, 5.74) is 8.39. The second kappa shape index (κ2) is 11.1. The summed E-state index contributed by atoms with van der Waals surface area (Å²) in [5.74, 6) is 0.560. The van der Waals surface area contributed by atoms with Gasteiger partial charge in [-0.2, -0.15) is 11.1 Å². The fourth-order valence-corrected chi connectivity index (χ4v) is 3.30.